The SMILES string of the molecule is O=C(Nc1nnn[nH]1)c1cccc(OCCCN2CCN(C(c3ccccc3)c3ccc(Cl)cc3)CC2)c1. The van der Waals surface area contributed by atoms with Crippen molar-refractivity contribution < 1.29 is 9.53 Å². The summed E-state index contributed by atoms with van der Waals surface area (Å²) in [6.45, 7) is 5.52. The van der Waals surface area contributed by atoms with Crippen LogP contribution in [0.2, 0.25) is 5.02 Å². The van der Waals surface area contributed by atoms with Crippen molar-refractivity contribution in [1.29, 1.82) is 0 Å². The number of piperazine rings is 1. The number of hydrogen-bond donors (Lipinski definition) is 2. The summed E-state index contributed by atoms with van der Waals surface area (Å²) in [5, 5.41) is 16.4. The van der Waals surface area contributed by atoms with Gasteiger partial charge in [0, 0.05) is 43.3 Å². The molecular weight excluding hydrogens is 502 g/mol. The summed E-state index contributed by atoms with van der Waals surface area (Å²) in [7, 11) is 0. The number of aromatic amines is 1. The quantitative estimate of drug-likeness (QED) is 0.295. The molecule has 1 aliphatic heterocycles. The molecule has 4 aromatic rings. The first-order valence-electron chi connectivity index (χ1n) is 12.7. The minimum absolute atomic E-state index is 0.199. The molecule has 0 radical (unpaired) electrons. The summed E-state index contributed by atoms with van der Waals surface area (Å²) >= 11 is 6.16. The molecule has 1 amide bonds. The monoisotopic (exact) mass is 531 g/mol. The zero-order chi connectivity index (χ0) is 26.2. The molecule has 10 heteroatoms. The summed E-state index contributed by atoms with van der Waals surface area (Å²) in [5.41, 5.74) is 3.03. The largest absolute Gasteiger partial charge is 0.494 e. The van der Waals surface area contributed by atoms with Gasteiger partial charge in [-0.1, -0.05) is 65.2 Å². The molecule has 2 heterocycles. The van der Waals surface area contributed by atoms with Crippen molar-refractivity contribution in [2.24, 2.45) is 0 Å². The van der Waals surface area contributed by atoms with Gasteiger partial charge in [0.05, 0.1) is 12.6 Å². The van der Waals surface area contributed by atoms with Gasteiger partial charge < -0.3 is 9.64 Å². The molecule has 3 aromatic carbocycles. The number of carbonyl (C=O) groups excluding carboxylic acids is 1. The topological polar surface area (TPSA) is 99.3 Å². The number of nitrogens with one attached hydrogen (secondary N) is 2. The van der Waals surface area contributed by atoms with E-state index in [1.54, 1.807) is 18.2 Å². The van der Waals surface area contributed by atoms with Crippen LogP contribution in [0.3, 0.4) is 0 Å². The number of hydrogen-bond acceptors (Lipinski definition) is 7. The van der Waals surface area contributed by atoms with Crippen molar-refractivity contribution in [3.8, 4) is 5.75 Å². The molecule has 1 atom stereocenters. The van der Waals surface area contributed by atoms with Gasteiger partial charge in [-0.3, -0.25) is 15.0 Å². The van der Waals surface area contributed by atoms with Crippen molar-refractivity contribution in [3.05, 3.63) is 101 Å². The standard InChI is InChI=1S/C28H30ClN7O2/c29-24-12-10-22(11-13-24)26(21-6-2-1-3-7-21)36-17-15-35(16-18-36)14-5-19-38-25-9-4-8-23(20-25)27(37)30-28-31-33-34-32-28/h1-4,6-13,20,26H,5,14-19H2,(H2,30,31,32,33,34,37). The Labute approximate surface area is 226 Å². The molecule has 0 bridgehead atoms. The van der Waals surface area contributed by atoms with Crippen LogP contribution in [0.25, 0.3) is 0 Å². The van der Waals surface area contributed by atoms with E-state index in [2.05, 4.69) is 78.2 Å². The van der Waals surface area contributed by atoms with E-state index in [1.165, 1.54) is 11.1 Å². The van der Waals surface area contributed by atoms with E-state index in [0.717, 1.165) is 44.2 Å². The molecule has 5 rings (SSSR count). The van der Waals surface area contributed by atoms with Crippen molar-refractivity contribution in [2.45, 2.75) is 12.5 Å². The highest BCUT2D eigenvalue weighted by Gasteiger charge is 2.26. The lowest BCUT2D eigenvalue weighted by atomic mass is 9.96. The lowest BCUT2D eigenvalue weighted by Crippen LogP contribution is -2.48. The zero-order valence-electron chi connectivity index (χ0n) is 21.0. The maximum absolute atomic E-state index is 12.4. The smallest absolute Gasteiger partial charge is 0.258 e. The average Bonchev–Trinajstić information content (AvgIpc) is 3.47. The van der Waals surface area contributed by atoms with Gasteiger partial charge in [0.25, 0.3) is 5.91 Å². The van der Waals surface area contributed by atoms with E-state index >= 15 is 0 Å². The lowest BCUT2D eigenvalue weighted by Gasteiger charge is -2.39. The molecule has 1 fully saturated rings. The summed E-state index contributed by atoms with van der Waals surface area (Å²) in [5.74, 6) is 0.552. The molecule has 1 saturated heterocycles. The van der Waals surface area contributed by atoms with E-state index < -0.39 is 0 Å². The van der Waals surface area contributed by atoms with Crippen LogP contribution in [-0.2, 0) is 0 Å². The Hall–Kier alpha value is -3.79. The second kappa shape index (κ2) is 12.6. The lowest BCUT2D eigenvalue weighted by molar-refractivity contribution is 0.102. The van der Waals surface area contributed by atoms with Gasteiger partial charge >= 0.3 is 0 Å². The predicted octanol–water partition coefficient (Wildman–Crippen LogP) is 4.28. The van der Waals surface area contributed by atoms with Gasteiger partial charge in [-0.05, 0) is 58.3 Å². The first kappa shape index (κ1) is 25.8. The molecule has 9 nitrogen and oxygen atoms in total. The van der Waals surface area contributed by atoms with Crippen molar-refractivity contribution in [2.75, 3.05) is 44.6 Å². The molecule has 1 aliphatic rings. The Morgan fingerprint density at radius 2 is 1.74 bits per heavy atom. The van der Waals surface area contributed by atoms with Crippen molar-refractivity contribution >= 4 is 23.5 Å². The number of rotatable bonds is 10. The number of nitrogens with zero attached hydrogens (tertiary/aromatic N) is 5. The van der Waals surface area contributed by atoms with Crippen LogP contribution in [0.4, 0.5) is 5.95 Å². The number of H-pyrrole nitrogens is 1. The molecule has 1 aromatic heterocycles. The van der Waals surface area contributed by atoms with Crippen molar-refractivity contribution in [3.63, 3.8) is 0 Å². The first-order valence-corrected chi connectivity index (χ1v) is 13.1. The van der Waals surface area contributed by atoms with E-state index in [-0.39, 0.29) is 17.9 Å². The van der Waals surface area contributed by atoms with Crippen LogP contribution in [0.5, 0.6) is 5.75 Å². The van der Waals surface area contributed by atoms with Gasteiger partial charge in [-0.25, -0.2) is 5.10 Å². The molecular formula is C28H30ClN7O2. The van der Waals surface area contributed by atoms with Crippen molar-refractivity contribution in [1.82, 2.24) is 30.4 Å². The maximum Gasteiger partial charge on any atom is 0.258 e. The number of tetrazole rings is 1. The van der Waals surface area contributed by atoms with Crippen LogP contribution in [-0.4, -0.2) is 75.7 Å². The minimum atomic E-state index is -0.306. The molecule has 0 saturated carbocycles. The number of anilines is 1. The van der Waals surface area contributed by atoms with E-state index in [1.807, 2.05) is 18.2 Å². The predicted molar refractivity (Wildman–Crippen MR) is 146 cm³/mol. The van der Waals surface area contributed by atoms with Crippen LogP contribution >= 0.6 is 11.6 Å². The fourth-order valence-electron chi connectivity index (χ4n) is 4.74. The number of carbonyl (C=O) groups is 1. The average molecular weight is 532 g/mol. The second-order valence-corrected chi connectivity index (χ2v) is 9.61. The summed E-state index contributed by atoms with van der Waals surface area (Å²) in [4.78, 5) is 17.4. The molecule has 196 valence electrons. The van der Waals surface area contributed by atoms with E-state index in [0.29, 0.717) is 17.9 Å². The second-order valence-electron chi connectivity index (χ2n) is 9.18. The van der Waals surface area contributed by atoms with Gasteiger partial charge in [0.1, 0.15) is 5.75 Å². The van der Waals surface area contributed by atoms with Gasteiger partial charge in [-0.2, -0.15) is 0 Å². The number of aromatic nitrogens is 4. The molecule has 38 heavy (non-hydrogen) atoms. The van der Waals surface area contributed by atoms with Gasteiger partial charge in [-0.15, -0.1) is 0 Å². The number of amides is 1. The molecule has 0 aliphatic carbocycles. The molecule has 1 unspecified atom stereocenters. The Morgan fingerprint density at radius 3 is 2.47 bits per heavy atom. The van der Waals surface area contributed by atoms with E-state index in [9.17, 15) is 4.79 Å². The van der Waals surface area contributed by atoms with Gasteiger partial charge in [0.15, 0.2) is 0 Å². The fourth-order valence-corrected chi connectivity index (χ4v) is 4.86. The molecule has 2 N–H and O–H groups in total. The van der Waals surface area contributed by atoms with Crippen LogP contribution in [0, 0.1) is 0 Å². The Kier molecular flexibility index (Phi) is 8.60. The number of ether oxygens (including phenoxy) is 1. The van der Waals surface area contributed by atoms with Gasteiger partial charge in [0.2, 0.25) is 5.95 Å². The summed E-state index contributed by atoms with van der Waals surface area (Å²) in [6, 6.07) is 26.2. The highest BCUT2D eigenvalue weighted by atomic mass is 35.5. The van der Waals surface area contributed by atoms with E-state index in [4.69, 9.17) is 16.3 Å². The van der Waals surface area contributed by atoms with Crippen LogP contribution in [0.15, 0.2) is 78.9 Å². The third kappa shape index (κ3) is 6.74. The fraction of sp³-hybridized carbons (Fsp3) is 0.286. The minimum Gasteiger partial charge on any atom is -0.494 e. The highest BCUT2D eigenvalue weighted by molar-refractivity contribution is 6.30. The third-order valence-electron chi connectivity index (χ3n) is 6.63. The third-order valence-corrected chi connectivity index (χ3v) is 6.89. The Bertz CT molecular complexity index is 1290. The van der Waals surface area contributed by atoms with Crippen LogP contribution < -0.4 is 10.1 Å². The molecule has 0 spiro atoms. The Balaban J connectivity index is 1.09. The normalized spacial score (nSPS) is 15.2. The van der Waals surface area contributed by atoms with Crippen LogP contribution in [0.1, 0.15) is 33.9 Å². The number of halogens is 1. The summed E-state index contributed by atoms with van der Waals surface area (Å²) < 4.78 is 5.93. The number of benzene rings is 3. The maximum atomic E-state index is 12.4. The zero-order valence-corrected chi connectivity index (χ0v) is 21.7. The highest BCUT2D eigenvalue weighted by Crippen LogP contribution is 2.30. The Morgan fingerprint density at radius 1 is 0.974 bits per heavy atom. The first-order chi connectivity index (χ1) is 18.7. The summed E-state index contributed by atoms with van der Waals surface area (Å²) in [6.07, 6.45) is 0.902.